The number of esters is 1. The summed E-state index contributed by atoms with van der Waals surface area (Å²) in [6.45, 7) is 1.78. The molecule has 0 unspecified atom stereocenters. The van der Waals surface area contributed by atoms with E-state index in [1.807, 2.05) is 0 Å². The maximum atomic E-state index is 12.0. The van der Waals surface area contributed by atoms with Crippen LogP contribution in [0.1, 0.15) is 16.1 Å². The van der Waals surface area contributed by atoms with Gasteiger partial charge < -0.3 is 14.2 Å². The third-order valence-corrected chi connectivity index (χ3v) is 3.46. The number of benzene rings is 1. The zero-order valence-electron chi connectivity index (χ0n) is 11.8. The lowest BCUT2D eigenvalue weighted by atomic mass is 10.0. The van der Waals surface area contributed by atoms with Crippen molar-refractivity contribution >= 4 is 17.0 Å². The van der Waals surface area contributed by atoms with Crippen LogP contribution in [-0.2, 0) is 11.8 Å². The molecule has 0 spiro atoms. The van der Waals surface area contributed by atoms with E-state index in [1.54, 1.807) is 32.3 Å². The van der Waals surface area contributed by atoms with Crippen LogP contribution in [0.4, 0.5) is 0 Å². The third-order valence-electron chi connectivity index (χ3n) is 3.46. The molecule has 3 aromatic rings. The first-order valence-corrected chi connectivity index (χ1v) is 6.25. The Morgan fingerprint density at radius 3 is 2.81 bits per heavy atom. The highest BCUT2D eigenvalue weighted by molar-refractivity contribution is 6.04. The van der Waals surface area contributed by atoms with Gasteiger partial charge in [-0.2, -0.15) is 0 Å². The smallest absolute Gasteiger partial charge is 0.340 e. The normalized spacial score (nSPS) is 11.0. The number of aromatic nitrogens is 3. The largest absolute Gasteiger partial charge is 0.465 e. The van der Waals surface area contributed by atoms with Gasteiger partial charge in [0.05, 0.1) is 29.9 Å². The van der Waals surface area contributed by atoms with E-state index >= 15 is 0 Å². The number of H-pyrrole nitrogens is 1. The number of nitrogens with one attached hydrogen (secondary N) is 1. The van der Waals surface area contributed by atoms with Gasteiger partial charge in [-0.15, -0.1) is 0 Å². The number of nitrogens with zero attached hydrogens (tertiary/aromatic N) is 2. The van der Waals surface area contributed by atoms with Gasteiger partial charge in [0.15, 0.2) is 0 Å². The predicted molar refractivity (Wildman–Crippen MR) is 75.1 cm³/mol. The SMILES string of the molecule is COC(=O)c1cc(-c2cnoc2C)cc2[nH]c(=O)n(C)c12. The number of carbonyl (C=O) groups excluding carboxylic acids is 1. The second kappa shape index (κ2) is 4.62. The van der Waals surface area contributed by atoms with E-state index in [0.29, 0.717) is 22.4 Å². The van der Waals surface area contributed by atoms with Crippen molar-refractivity contribution in [2.75, 3.05) is 7.11 Å². The van der Waals surface area contributed by atoms with Gasteiger partial charge in [0.25, 0.3) is 0 Å². The number of rotatable bonds is 2. The number of hydrogen-bond acceptors (Lipinski definition) is 5. The second-order valence-corrected chi connectivity index (χ2v) is 4.70. The molecule has 0 aliphatic carbocycles. The van der Waals surface area contributed by atoms with Crippen molar-refractivity contribution in [1.82, 2.24) is 14.7 Å². The Hall–Kier alpha value is -2.83. The van der Waals surface area contributed by atoms with E-state index in [-0.39, 0.29) is 5.69 Å². The van der Waals surface area contributed by atoms with E-state index in [4.69, 9.17) is 9.26 Å². The molecule has 0 aliphatic heterocycles. The Labute approximate surface area is 119 Å². The first kappa shape index (κ1) is 13.2. The molecule has 0 atom stereocenters. The fourth-order valence-corrected chi connectivity index (χ4v) is 2.39. The van der Waals surface area contributed by atoms with Crippen molar-refractivity contribution in [2.24, 2.45) is 7.05 Å². The topological polar surface area (TPSA) is 90.1 Å². The lowest BCUT2D eigenvalue weighted by Crippen LogP contribution is -2.13. The second-order valence-electron chi connectivity index (χ2n) is 4.70. The number of imidazole rings is 1. The fraction of sp³-hybridized carbons (Fsp3) is 0.214. The number of fused-ring (bicyclic) bond motifs is 1. The average molecular weight is 287 g/mol. The molecule has 0 fully saturated rings. The summed E-state index contributed by atoms with van der Waals surface area (Å²) in [5.41, 5.74) is 2.56. The van der Waals surface area contributed by atoms with Crippen LogP contribution in [0.15, 0.2) is 27.6 Å². The summed E-state index contributed by atoms with van der Waals surface area (Å²) in [5, 5.41) is 3.73. The van der Waals surface area contributed by atoms with Gasteiger partial charge in [-0.05, 0) is 24.6 Å². The van der Waals surface area contributed by atoms with Gasteiger partial charge in [0.2, 0.25) is 0 Å². The molecule has 1 N–H and O–H groups in total. The van der Waals surface area contributed by atoms with E-state index in [1.165, 1.54) is 11.7 Å². The highest BCUT2D eigenvalue weighted by Gasteiger charge is 2.19. The number of methoxy groups -OCH3 is 1. The number of ether oxygens (including phenoxy) is 1. The van der Waals surface area contributed by atoms with Crippen LogP contribution in [0.2, 0.25) is 0 Å². The summed E-state index contributed by atoms with van der Waals surface area (Å²) >= 11 is 0. The third kappa shape index (κ3) is 1.94. The molecule has 0 saturated heterocycles. The van der Waals surface area contributed by atoms with Crippen LogP contribution in [0, 0.1) is 6.92 Å². The monoisotopic (exact) mass is 287 g/mol. The van der Waals surface area contributed by atoms with Gasteiger partial charge >= 0.3 is 11.7 Å². The van der Waals surface area contributed by atoms with Crippen LogP contribution in [-0.4, -0.2) is 27.8 Å². The zero-order chi connectivity index (χ0) is 15.1. The van der Waals surface area contributed by atoms with E-state index in [0.717, 1.165) is 11.1 Å². The number of aryl methyl sites for hydroxylation is 2. The van der Waals surface area contributed by atoms with Crippen LogP contribution >= 0.6 is 0 Å². The molecular formula is C14H13N3O4. The lowest BCUT2D eigenvalue weighted by Gasteiger charge is -2.06. The Morgan fingerprint density at radius 1 is 1.43 bits per heavy atom. The van der Waals surface area contributed by atoms with Gasteiger partial charge in [0, 0.05) is 12.6 Å². The minimum atomic E-state index is -0.509. The van der Waals surface area contributed by atoms with Crippen LogP contribution < -0.4 is 5.69 Å². The first-order valence-electron chi connectivity index (χ1n) is 6.25. The standard InChI is InChI=1S/C14H13N3O4/c1-7-10(6-15-21-7)8-4-9(13(18)20-3)12-11(5-8)16-14(19)17(12)2/h4-6H,1-3H3,(H,16,19). The van der Waals surface area contributed by atoms with Gasteiger partial charge in [0.1, 0.15) is 5.76 Å². The molecule has 21 heavy (non-hydrogen) atoms. The van der Waals surface area contributed by atoms with E-state index in [2.05, 4.69) is 10.1 Å². The summed E-state index contributed by atoms with van der Waals surface area (Å²) in [6, 6.07) is 3.45. The van der Waals surface area contributed by atoms with Crippen LogP contribution in [0.5, 0.6) is 0 Å². The molecule has 0 bridgehead atoms. The molecule has 2 heterocycles. The highest BCUT2D eigenvalue weighted by atomic mass is 16.5. The summed E-state index contributed by atoms with van der Waals surface area (Å²) < 4.78 is 11.2. The quantitative estimate of drug-likeness (QED) is 0.723. The Balaban J connectivity index is 2.38. The van der Waals surface area contributed by atoms with E-state index < -0.39 is 5.97 Å². The van der Waals surface area contributed by atoms with Crippen LogP contribution in [0.3, 0.4) is 0 Å². The molecule has 2 aromatic heterocycles. The fourth-order valence-electron chi connectivity index (χ4n) is 2.39. The molecule has 0 amide bonds. The van der Waals surface area contributed by atoms with Crippen molar-refractivity contribution in [1.29, 1.82) is 0 Å². The number of carbonyl (C=O) groups is 1. The molecule has 7 heteroatoms. The molecule has 7 nitrogen and oxygen atoms in total. The lowest BCUT2D eigenvalue weighted by molar-refractivity contribution is 0.0602. The van der Waals surface area contributed by atoms with Crippen molar-refractivity contribution < 1.29 is 14.1 Å². The molecular weight excluding hydrogens is 274 g/mol. The highest BCUT2D eigenvalue weighted by Crippen LogP contribution is 2.28. The van der Waals surface area contributed by atoms with Crippen molar-refractivity contribution in [3.63, 3.8) is 0 Å². The maximum absolute atomic E-state index is 12.0. The first-order chi connectivity index (χ1) is 10.0. The Morgan fingerprint density at radius 2 is 2.19 bits per heavy atom. The molecule has 0 radical (unpaired) electrons. The Bertz CT molecular complexity index is 901. The molecule has 3 rings (SSSR count). The maximum Gasteiger partial charge on any atom is 0.340 e. The van der Waals surface area contributed by atoms with Crippen molar-refractivity contribution in [3.05, 3.63) is 40.1 Å². The molecule has 0 saturated carbocycles. The molecule has 0 aliphatic rings. The van der Waals surface area contributed by atoms with Crippen LogP contribution in [0.25, 0.3) is 22.2 Å². The minimum absolute atomic E-state index is 0.297. The van der Waals surface area contributed by atoms with Gasteiger partial charge in [-0.3, -0.25) is 4.57 Å². The minimum Gasteiger partial charge on any atom is -0.465 e. The van der Waals surface area contributed by atoms with Crippen molar-refractivity contribution in [2.45, 2.75) is 6.92 Å². The number of hydrogen-bond donors (Lipinski definition) is 1. The average Bonchev–Trinajstić information content (AvgIpc) is 3.01. The molecule has 108 valence electrons. The summed E-state index contributed by atoms with van der Waals surface area (Å²) in [4.78, 5) is 26.5. The summed E-state index contributed by atoms with van der Waals surface area (Å²) in [7, 11) is 2.90. The Kier molecular flexibility index (Phi) is 2.90. The van der Waals surface area contributed by atoms with Gasteiger partial charge in [-0.1, -0.05) is 5.16 Å². The zero-order valence-corrected chi connectivity index (χ0v) is 11.8. The molecule has 1 aromatic carbocycles. The predicted octanol–water partition coefficient (Wildman–Crippen LogP) is 1.62. The number of aromatic amines is 1. The van der Waals surface area contributed by atoms with Crippen molar-refractivity contribution in [3.8, 4) is 11.1 Å². The summed E-state index contributed by atoms with van der Waals surface area (Å²) in [5.74, 6) is 0.119. The van der Waals surface area contributed by atoms with E-state index in [9.17, 15) is 9.59 Å². The summed E-state index contributed by atoms with van der Waals surface area (Å²) in [6.07, 6.45) is 1.57. The van der Waals surface area contributed by atoms with Gasteiger partial charge in [-0.25, -0.2) is 9.59 Å².